The summed E-state index contributed by atoms with van der Waals surface area (Å²) in [5.41, 5.74) is 1.15. The summed E-state index contributed by atoms with van der Waals surface area (Å²) in [6.07, 6.45) is 2.53. The van der Waals surface area contributed by atoms with Crippen LogP contribution in [-0.4, -0.2) is 26.2 Å². The van der Waals surface area contributed by atoms with Gasteiger partial charge in [-0.15, -0.1) is 24.0 Å². The van der Waals surface area contributed by atoms with Crippen LogP contribution in [0.4, 0.5) is 0 Å². The fourth-order valence-corrected chi connectivity index (χ4v) is 2.14. The standard InChI is InChI=1S/C19H27N3O2.HI/c1-15(2)13-21-19(20-11-10-18-5-4-12-24-18)22-14-16-6-8-17(23-3)9-7-16;/h4-9,12,15H,10-11,13-14H2,1-3H3,(H2,20,21,22);1H. The van der Waals surface area contributed by atoms with Crippen LogP contribution in [0.5, 0.6) is 5.75 Å². The van der Waals surface area contributed by atoms with Crippen molar-refractivity contribution in [1.29, 1.82) is 0 Å². The van der Waals surface area contributed by atoms with Crippen LogP contribution >= 0.6 is 24.0 Å². The molecule has 0 aliphatic carbocycles. The number of hydrogen-bond donors (Lipinski definition) is 2. The van der Waals surface area contributed by atoms with Crippen LogP contribution < -0.4 is 15.4 Å². The van der Waals surface area contributed by atoms with E-state index in [0.717, 1.165) is 42.5 Å². The van der Waals surface area contributed by atoms with E-state index in [2.05, 4.69) is 29.5 Å². The summed E-state index contributed by atoms with van der Waals surface area (Å²) in [7, 11) is 1.67. The molecule has 2 aromatic rings. The average molecular weight is 457 g/mol. The molecule has 0 unspecified atom stereocenters. The van der Waals surface area contributed by atoms with Gasteiger partial charge in [0.2, 0.25) is 0 Å². The first kappa shape index (κ1) is 21.3. The van der Waals surface area contributed by atoms with E-state index in [1.165, 1.54) is 0 Å². The second kappa shape index (κ2) is 11.8. The average Bonchev–Trinajstić information content (AvgIpc) is 3.10. The number of guanidine groups is 1. The topological polar surface area (TPSA) is 58.8 Å². The molecule has 0 aliphatic heterocycles. The van der Waals surface area contributed by atoms with E-state index in [1.54, 1.807) is 13.4 Å². The lowest BCUT2D eigenvalue weighted by Gasteiger charge is -2.14. The maximum Gasteiger partial charge on any atom is 0.191 e. The third-order valence-electron chi connectivity index (χ3n) is 3.50. The van der Waals surface area contributed by atoms with Gasteiger partial charge in [-0.1, -0.05) is 26.0 Å². The summed E-state index contributed by atoms with van der Waals surface area (Å²) in [6, 6.07) is 11.9. The molecule has 138 valence electrons. The molecule has 0 amide bonds. The molecular formula is C19H28IN3O2. The molecular weight excluding hydrogens is 429 g/mol. The van der Waals surface area contributed by atoms with Gasteiger partial charge >= 0.3 is 0 Å². The quantitative estimate of drug-likeness (QED) is 0.359. The number of aliphatic imine (C=N–C) groups is 1. The Bertz CT molecular complexity index is 610. The highest BCUT2D eigenvalue weighted by atomic mass is 127. The molecule has 2 N–H and O–H groups in total. The van der Waals surface area contributed by atoms with E-state index in [4.69, 9.17) is 9.15 Å². The van der Waals surface area contributed by atoms with E-state index < -0.39 is 0 Å². The summed E-state index contributed by atoms with van der Waals surface area (Å²) in [5, 5.41) is 6.74. The third-order valence-corrected chi connectivity index (χ3v) is 3.50. The number of halogens is 1. The maximum atomic E-state index is 5.35. The van der Waals surface area contributed by atoms with Crippen LogP contribution in [0, 0.1) is 5.92 Å². The van der Waals surface area contributed by atoms with Gasteiger partial charge in [0, 0.05) is 19.5 Å². The van der Waals surface area contributed by atoms with Gasteiger partial charge in [-0.2, -0.15) is 0 Å². The molecule has 0 saturated heterocycles. The molecule has 0 atom stereocenters. The molecule has 25 heavy (non-hydrogen) atoms. The maximum absolute atomic E-state index is 5.35. The summed E-state index contributed by atoms with van der Waals surface area (Å²) >= 11 is 0. The smallest absolute Gasteiger partial charge is 0.191 e. The second-order valence-electron chi connectivity index (χ2n) is 6.04. The van der Waals surface area contributed by atoms with Gasteiger partial charge in [-0.25, -0.2) is 4.99 Å². The summed E-state index contributed by atoms with van der Waals surface area (Å²) in [6.45, 7) is 6.64. The number of ether oxygens (including phenoxy) is 1. The summed E-state index contributed by atoms with van der Waals surface area (Å²) in [5.74, 6) is 3.22. The predicted octanol–water partition coefficient (Wildman–Crippen LogP) is 3.84. The zero-order chi connectivity index (χ0) is 17.2. The molecule has 6 heteroatoms. The van der Waals surface area contributed by atoms with Crippen LogP contribution in [0.3, 0.4) is 0 Å². The van der Waals surface area contributed by atoms with Crippen LogP contribution in [0.15, 0.2) is 52.1 Å². The fraction of sp³-hybridized carbons (Fsp3) is 0.421. The van der Waals surface area contributed by atoms with Crippen molar-refractivity contribution in [2.75, 3.05) is 20.2 Å². The second-order valence-corrected chi connectivity index (χ2v) is 6.04. The first-order chi connectivity index (χ1) is 11.7. The normalized spacial score (nSPS) is 11.1. The van der Waals surface area contributed by atoms with Gasteiger partial charge in [-0.3, -0.25) is 0 Å². The van der Waals surface area contributed by atoms with Crippen LogP contribution in [0.25, 0.3) is 0 Å². The van der Waals surface area contributed by atoms with Crippen molar-refractivity contribution in [3.05, 3.63) is 54.0 Å². The van der Waals surface area contributed by atoms with Gasteiger partial charge in [0.05, 0.1) is 19.9 Å². The lowest BCUT2D eigenvalue weighted by atomic mass is 10.2. The Hall–Kier alpha value is -1.70. The highest BCUT2D eigenvalue weighted by molar-refractivity contribution is 14.0. The highest BCUT2D eigenvalue weighted by Crippen LogP contribution is 2.11. The van der Waals surface area contributed by atoms with Crippen molar-refractivity contribution in [1.82, 2.24) is 10.6 Å². The minimum Gasteiger partial charge on any atom is -0.497 e. The molecule has 0 spiro atoms. The molecule has 1 aromatic heterocycles. The third kappa shape index (κ3) is 8.29. The van der Waals surface area contributed by atoms with E-state index >= 15 is 0 Å². The zero-order valence-corrected chi connectivity index (χ0v) is 17.4. The Kier molecular flexibility index (Phi) is 10.1. The van der Waals surface area contributed by atoms with E-state index in [0.29, 0.717) is 12.5 Å². The van der Waals surface area contributed by atoms with Crippen LogP contribution in [0.2, 0.25) is 0 Å². The van der Waals surface area contributed by atoms with E-state index in [-0.39, 0.29) is 24.0 Å². The lowest BCUT2D eigenvalue weighted by molar-refractivity contribution is 0.414. The van der Waals surface area contributed by atoms with Gasteiger partial charge in [0.25, 0.3) is 0 Å². The number of methoxy groups -OCH3 is 1. The Balaban J connectivity index is 0.00000312. The van der Waals surface area contributed by atoms with Gasteiger partial charge < -0.3 is 19.8 Å². The van der Waals surface area contributed by atoms with Crippen molar-refractivity contribution in [3.8, 4) is 5.75 Å². The number of nitrogens with one attached hydrogen (secondary N) is 2. The van der Waals surface area contributed by atoms with Gasteiger partial charge in [0.1, 0.15) is 11.5 Å². The Morgan fingerprint density at radius 2 is 1.92 bits per heavy atom. The predicted molar refractivity (Wildman–Crippen MR) is 113 cm³/mol. The first-order valence-corrected chi connectivity index (χ1v) is 8.35. The van der Waals surface area contributed by atoms with Gasteiger partial charge in [-0.05, 0) is 35.7 Å². The Morgan fingerprint density at radius 1 is 1.16 bits per heavy atom. The van der Waals surface area contributed by atoms with Crippen molar-refractivity contribution >= 4 is 29.9 Å². The molecule has 0 bridgehead atoms. The van der Waals surface area contributed by atoms with Crippen molar-refractivity contribution in [2.45, 2.75) is 26.8 Å². The molecule has 0 radical (unpaired) electrons. The summed E-state index contributed by atoms with van der Waals surface area (Å²) in [4.78, 5) is 4.66. The monoisotopic (exact) mass is 457 g/mol. The highest BCUT2D eigenvalue weighted by Gasteiger charge is 2.02. The Labute approximate surface area is 167 Å². The lowest BCUT2D eigenvalue weighted by Crippen LogP contribution is -2.40. The molecule has 1 aromatic carbocycles. The number of nitrogens with zero attached hydrogens (tertiary/aromatic N) is 1. The van der Waals surface area contributed by atoms with Crippen LogP contribution in [0.1, 0.15) is 25.2 Å². The zero-order valence-electron chi connectivity index (χ0n) is 15.1. The SMILES string of the molecule is COc1ccc(CN=C(NCCc2ccco2)NCC(C)C)cc1.I. The summed E-state index contributed by atoms with van der Waals surface area (Å²) < 4.78 is 10.5. The van der Waals surface area contributed by atoms with E-state index in [1.807, 2.05) is 36.4 Å². The van der Waals surface area contributed by atoms with E-state index in [9.17, 15) is 0 Å². The Morgan fingerprint density at radius 3 is 2.52 bits per heavy atom. The largest absolute Gasteiger partial charge is 0.497 e. The van der Waals surface area contributed by atoms with Crippen LogP contribution in [-0.2, 0) is 13.0 Å². The minimum absolute atomic E-state index is 0. The van der Waals surface area contributed by atoms with Crippen molar-refractivity contribution < 1.29 is 9.15 Å². The van der Waals surface area contributed by atoms with Crippen molar-refractivity contribution in [2.24, 2.45) is 10.9 Å². The molecule has 1 heterocycles. The fourth-order valence-electron chi connectivity index (χ4n) is 2.14. The van der Waals surface area contributed by atoms with Crippen molar-refractivity contribution in [3.63, 3.8) is 0 Å². The molecule has 0 saturated carbocycles. The number of hydrogen-bond acceptors (Lipinski definition) is 3. The number of furan rings is 1. The van der Waals surface area contributed by atoms with Gasteiger partial charge in [0.15, 0.2) is 5.96 Å². The molecule has 2 rings (SSSR count). The molecule has 0 fully saturated rings. The number of rotatable bonds is 8. The minimum atomic E-state index is 0. The molecule has 5 nitrogen and oxygen atoms in total. The first-order valence-electron chi connectivity index (χ1n) is 8.35. The number of benzene rings is 1. The molecule has 0 aliphatic rings.